The van der Waals surface area contributed by atoms with E-state index in [-0.39, 0.29) is 29.0 Å². The molecule has 0 aliphatic heterocycles. The predicted octanol–water partition coefficient (Wildman–Crippen LogP) is 3.72. The van der Waals surface area contributed by atoms with Crippen LogP contribution in [0, 0.1) is 18.3 Å². The van der Waals surface area contributed by atoms with Gasteiger partial charge >= 0.3 is 0 Å². The van der Waals surface area contributed by atoms with E-state index in [1.807, 2.05) is 61.5 Å². The molecule has 27 heavy (non-hydrogen) atoms. The van der Waals surface area contributed by atoms with Crippen molar-refractivity contribution in [1.29, 1.82) is 5.26 Å². The summed E-state index contributed by atoms with van der Waals surface area (Å²) in [5, 5.41) is 12.8. The predicted molar refractivity (Wildman–Crippen MR) is 104 cm³/mol. The van der Waals surface area contributed by atoms with Crippen molar-refractivity contribution in [1.82, 2.24) is 9.97 Å². The Hall–Kier alpha value is -3.24. The van der Waals surface area contributed by atoms with Crippen LogP contribution in [0.15, 0.2) is 59.8 Å². The standard InChI is InChI=1S/C20H18N4O2S/c1-14-8-10-16(11-9-14)22-18-17(12-21)19(24-20(23-18)27(2)25)26-13-15-6-4-3-5-7-15/h3-11H,13H2,1-2H3,(H,22,23,24). The molecule has 0 bridgehead atoms. The lowest BCUT2D eigenvalue weighted by molar-refractivity contribution is 0.289. The number of anilines is 2. The minimum absolute atomic E-state index is 0.103. The van der Waals surface area contributed by atoms with Crippen molar-refractivity contribution in [3.05, 3.63) is 71.3 Å². The van der Waals surface area contributed by atoms with Gasteiger partial charge in [0, 0.05) is 11.9 Å². The first-order valence-electron chi connectivity index (χ1n) is 8.23. The SMILES string of the molecule is Cc1ccc(Nc2nc(S(C)=O)nc(OCc3ccccc3)c2C#N)cc1. The van der Waals surface area contributed by atoms with Crippen molar-refractivity contribution in [2.75, 3.05) is 11.6 Å². The second-order valence-electron chi connectivity index (χ2n) is 5.87. The molecule has 136 valence electrons. The summed E-state index contributed by atoms with van der Waals surface area (Å²) in [6.45, 7) is 2.23. The molecule has 0 radical (unpaired) electrons. The van der Waals surface area contributed by atoms with Crippen LogP contribution in [0.25, 0.3) is 0 Å². The number of hydrogen-bond donors (Lipinski definition) is 1. The molecule has 0 fully saturated rings. The summed E-state index contributed by atoms with van der Waals surface area (Å²) in [7, 11) is -1.42. The van der Waals surface area contributed by atoms with Crippen LogP contribution < -0.4 is 10.1 Å². The summed E-state index contributed by atoms with van der Waals surface area (Å²) in [5.74, 6) is 0.376. The molecule has 0 saturated heterocycles. The number of aromatic nitrogens is 2. The minimum Gasteiger partial charge on any atom is -0.472 e. The molecule has 2 aromatic carbocycles. The zero-order valence-electron chi connectivity index (χ0n) is 15.0. The normalized spacial score (nSPS) is 11.4. The highest BCUT2D eigenvalue weighted by molar-refractivity contribution is 7.84. The van der Waals surface area contributed by atoms with Gasteiger partial charge in [-0.15, -0.1) is 0 Å². The van der Waals surface area contributed by atoms with E-state index in [9.17, 15) is 9.47 Å². The maximum absolute atomic E-state index is 11.9. The van der Waals surface area contributed by atoms with Gasteiger partial charge in [-0.2, -0.15) is 10.2 Å². The summed E-state index contributed by atoms with van der Waals surface area (Å²) >= 11 is 0. The summed E-state index contributed by atoms with van der Waals surface area (Å²) in [6, 6.07) is 19.3. The number of aryl methyl sites for hydroxylation is 1. The largest absolute Gasteiger partial charge is 0.472 e. The summed E-state index contributed by atoms with van der Waals surface area (Å²) in [4.78, 5) is 8.43. The number of nitrogens with zero attached hydrogens (tertiary/aromatic N) is 3. The fraction of sp³-hybridized carbons (Fsp3) is 0.150. The molecule has 1 heterocycles. The lowest BCUT2D eigenvalue weighted by Crippen LogP contribution is -2.08. The van der Waals surface area contributed by atoms with Gasteiger partial charge in [0.25, 0.3) is 0 Å². The van der Waals surface area contributed by atoms with Gasteiger partial charge in [0.05, 0.1) is 10.8 Å². The van der Waals surface area contributed by atoms with Gasteiger partial charge in [-0.25, -0.2) is 4.98 Å². The molecular weight excluding hydrogens is 360 g/mol. The van der Waals surface area contributed by atoms with Crippen LogP contribution in [-0.4, -0.2) is 20.4 Å². The Labute approximate surface area is 160 Å². The Morgan fingerprint density at radius 3 is 2.44 bits per heavy atom. The number of hydrogen-bond acceptors (Lipinski definition) is 6. The third-order valence-corrected chi connectivity index (χ3v) is 4.45. The van der Waals surface area contributed by atoms with Crippen molar-refractivity contribution in [2.45, 2.75) is 18.7 Å². The van der Waals surface area contributed by atoms with Crippen molar-refractivity contribution < 1.29 is 8.95 Å². The van der Waals surface area contributed by atoms with E-state index in [0.717, 1.165) is 16.8 Å². The summed E-state index contributed by atoms with van der Waals surface area (Å²) in [6.07, 6.45) is 1.48. The van der Waals surface area contributed by atoms with E-state index in [0.29, 0.717) is 0 Å². The van der Waals surface area contributed by atoms with E-state index >= 15 is 0 Å². The average molecular weight is 378 g/mol. The van der Waals surface area contributed by atoms with Gasteiger partial charge < -0.3 is 10.1 Å². The van der Waals surface area contributed by atoms with Crippen LogP contribution in [0.2, 0.25) is 0 Å². The summed E-state index contributed by atoms with van der Waals surface area (Å²) < 4.78 is 17.7. The third kappa shape index (κ3) is 4.68. The smallest absolute Gasteiger partial charge is 0.238 e. The highest BCUT2D eigenvalue weighted by Gasteiger charge is 2.18. The Morgan fingerprint density at radius 1 is 1.11 bits per heavy atom. The first kappa shape index (κ1) is 18.5. The van der Waals surface area contributed by atoms with Gasteiger partial charge in [0.15, 0.2) is 11.4 Å². The molecule has 0 aliphatic rings. The summed E-state index contributed by atoms with van der Waals surface area (Å²) in [5.41, 5.74) is 2.98. The molecule has 7 heteroatoms. The van der Waals surface area contributed by atoms with E-state index in [2.05, 4.69) is 21.4 Å². The molecule has 1 atom stereocenters. The van der Waals surface area contributed by atoms with Gasteiger partial charge in [0.2, 0.25) is 11.0 Å². The highest BCUT2D eigenvalue weighted by atomic mass is 32.2. The maximum atomic E-state index is 11.9. The molecule has 6 nitrogen and oxygen atoms in total. The Bertz CT molecular complexity index is 999. The molecule has 1 aromatic heterocycles. The molecule has 0 aliphatic carbocycles. The molecule has 3 rings (SSSR count). The minimum atomic E-state index is -1.42. The van der Waals surface area contributed by atoms with Crippen molar-refractivity contribution >= 4 is 22.3 Å². The molecule has 0 saturated carbocycles. The van der Waals surface area contributed by atoms with E-state index in [1.54, 1.807) is 0 Å². The number of nitriles is 1. The van der Waals surface area contributed by atoms with Crippen LogP contribution >= 0.6 is 0 Å². The van der Waals surface area contributed by atoms with Gasteiger partial charge in [-0.1, -0.05) is 48.0 Å². The molecule has 3 aromatic rings. The third-order valence-electron chi connectivity index (χ3n) is 3.76. The number of nitrogens with one attached hydrogen (secondary N) is 1. The fourth-order valence-corrected chi connectivity index (χ4v) is 2.78. The van der Waals surface area contributed by atoms with Gasteiger partial charge in [-0.05, 0) is 24.6 Å². The molecule has 0 spiro atoms. The highest BCUT2D eigenvalue weighted by Crippen LogP contribution is 2.27. The Balaban J connectivity index is 1.96. The lowest BCUT2D eigenvalue weighted by Gasteiger charge is -2.13. The van der Waals surface area contributed by atoms with Crippen molar-refractivity contribution in [2.24, 2.45) is 0 Å². The average Bonchev–Trinajstić information content (AvgIpc) is 2.68. The van der Waals surface area contributed by atoms with Crippen molar-refractivity contribution in [3.8, 4) is 11.9 Å². The van der Waals surface area contributed by atoms with Crippen LogP contribution in [0.3, 0.4) is 0 Å². The molecule has 1 N–H and O–H groups in total. The van der Waals surface area contributed by atoms with E-state index in [4.69, 9.17) is 4.74 Å². The molecular formula is C20H18N4O2S. The van der Waals surface area contributed by atoms with Crippen molar-refractivity contribution in [3.63, 3.8) is 0 Å². The quantitative estimate of drug-likeness (QED) is 0.658. The van der Waals surface area contributed by atoms with Gasteiger partial charge in [0.1, 0.15) is 12.7 Å². The topological polar surface area (TPSA) is 87.9 Å². The van der Waals surface area contributed by atoms with Crippen LogP contribution in [0.5, 0.6) is 5.88 Å². The second-order valence-corrected chi connectivity index (χ2v) is 7.14. The fourth-order valence-electron chi connectivity index (χ4n) is 2.34. The van der Waals surface area contributed by atoms with Crippen LogP contribution in [-0.2, 0) is 17.4 Å². The lowest BCUT2D eigenvalue weighted by atomic mass is 10.2. The Morgan fingerprint density at radius 2 is 1.81 bits per heavy atom. The zero-order chi connectivity index (χ0) is 19.2. The number of rotatable bonds is 6. The van der Waals surface area contributed by atoms with Gasteiger partial charge in [-0.3, -0.25) is 4.21 Å². The molecule has 0 amide bonds. The maximum Gasteiger partial charge on any atom is 0.238 e. The second kappa shape index (κ2) is 8.43. The Kier molecular flexibility index (Phi) is 5.79. The van der Waals surface area contributed by atoms with Crippen LogP contribution in [0.1, 0.15) is 16.7 Å². The van der Waals surface area contributed by atoms with E-state index < -0.39 is 10.8 Å². The first-order valence-corrected chi connectivity index (χ1v) is 9.78. The molecule has 1 unspecified atom stereocenters. The number of ether oxygens (including phenoxy) is 1. The zero-order valence-corrected chi connectivity index (χ0v) is 15.8. The van der Waals surface area contributed by atoms with Crippen LogP contribution in [0.4, 0.5) is 11.5 Å². The first-order chi connectivity index (χ1) is 13.1. The monoisotopic (exact) mass is 378 g/mol. The van der Waals surface area contributed by atoms with E-state index in [1.165, 1.54) is 6.26 Å². The number of benzene rings is 2.